The lowest BCUT2D eigenvalue weighted by Gasteiger charge is -2.29. The molecular formula is C22H29N7. The van der Waals surface area contributed by atoms with Crippen molar-refractivity contribution in [2.45, 2.75) is 45.1 Å². The van der Waals surface area contributed by atoms with Crippen LogP contribution in [0.15, 0.2) is 30.7 Å². The van der Waals surface area contributed by atoms with Gasteiger partial charge in [-0.25, -0.2) is 9.97 Å². The smallest absolute Gasteiger partial charge is 0.230 e. The Kier molecular flexibility index (Phi) is 5.06. The van der Waals surface area contributed by atoms with Crippen LogP contribution >= 0.6 is 0 Å². The van der Waals surface area contributed by atoms with Crippen LogP contribution in [0.2, 0.25) is 0 Å². The zero-order valence-corrected chi connectivity index (χ0v) is 17.1. The van der Waals surface area contributed by atoms with Gasteiger partial charge in [0.1, 0.15) is 11.5 Å². The van der Waals surface area contributed by atoms with E-state index >= 15 is 0 Å². The predicted octanol–water partition coefficient (Wildman–Crippen LogP) is 3.79. The normalized spacial score (nSPS) is 18.3. The third kappa shape index (κ3) is 3.79. The molecule has 0 amide bonds. The van der Waals surface area contributed by atoms with Gasteiger partial charge in [-0.05, 0) is 37.5 Å². The number of piperazine rings is 1. The van der Waals surface area contributed by atoms with E-state index in [1.54, 1.807) is 0 Å². The molecule has 3 aromatic rings. The highest BCUT2D eigenvalue weighted by Crippen LogP contribution is 2.32. The molecule has 4 heterocycles. The van der Waals surface area contributed by atoms with Gasteiger partial charge in [-0.3, -0.25) is 0 Å². The largest absolute Gasteiger partial charge is 0.368 e. The molecule has 5 rings (SSSR count). The summed E-state index contributed by atoms with van der Waals surface area (Å²) in [6.07, 6.45) is 12.6. The number of rotatable bonds is 4. The van der Waals surface area contributed by atoms with Gasteiger partial charge in [0.15, 0.2) is 0 Å². The van der Waals surface area contributed by atoms with Crippen LogP contribution in [-0.4, -0.2) is 45.7 Å². The van der Waals surface area contributed by atoms with E-state index in [-0.39, 0.29) is 0 Å². The van der Waals surface area contributed by atoms with Crippen LogP contribution in [0.3, 0.4) is 0 Å². The lowest BCUT2D eigenvalue weighted by molar-refractivity contribution is 0.359. The van der Waals surface area contributed by atoms with Gasteiger partial charge in [0, 0.05) is 50.0 Å². The van der Waals surface area contributed by atoms with Crippen LogP contribution in [-0.2, 0) is 0 Å². The summed E-state index contributed by atoms with van der Waals surface area (Å²) in [5.74, 6) is 1.38. The van der Waals surface area contributed by atoms with Crippen molar-refractivity contribution < 1.29 is 0 Å². The highest BCUT2D eigenvalue weighted by Gasteiger charge is 2.19. The molecule has 2 aliphatic rings. The summed E-state index contributed by atoms with van der Waals surface area (Å²) in [4.78, 5) is 16.3. The number of hydrogen-bond donors (Lipinski definition) is 2. The van der Waals surface area contributed by atoms with Crippen LogP contribution in [0.25, 0.3) is 11.0 Å². The van der Waals surface area contributed by atoms with E-state index in [1.165, 1.54) is 37.7 Å². The van der Waals surface area contributed by atoms with E-state index in [2.05, 4.69) is 49.3 Å². The molecule has 29 heavy (non-hydrogen) atoms. The van der Waals surface area contributed by atoms with Crippen molar-refractivity contribution in [3.05, 3.63) is 36.3 Å². The first-order valence-corrected chi connectivity index (χ1v) is 10.8. The first-order chi connectivity index (χ1) is 14.3. The van der Waals surface area contributed by atoms with Crippen LogP contribution in [0, 0.1) is 6.92 Å². The second kappa shape index (κ2) is 7.99. The number of pyridine rings is 1. The summed E-state index contributed by atoms with van der Waals surface area (Å²) in [5.41, 5.74) is 3.44. The van der Waals surface area contributed by atoms with Gasteiger partial charge >= 0.3 is 0 Å². The summed E-state index contributed by atoms with van der Waals surface area (Å²) in [6, 6.07) is 4.68. The quantitative estimate of drug-likeness (QED) is 0.705. The summed E-state index contributed by atoms with van der Waals surface area (Å²) >= 11 is 0. The molecule has 0 unspecified atom stereocenters. The number of anilines is 3. The Morgan fingerprint density at radius 1 is 1.03 bits per heavy atom. The fourth-order valence-corrected chi connectivity index (χ4v) is 4.57. The molecule has 2 N–H and O–H groups in total. The maximum absolute atomic E-state index is 4.86. The highest BCUT2D eigenvalue weighted by atomic mass is 15.2. The van der Waals surface area contributed by atoms with Crippen molar-refractivity contribution in [3.8, 4) is 0 Å². The van der Waals surface area contributed by atoms with Crippen molar-refractivity contribution in [1.82, 2.24) is 24.8 Å². The van der Waals surface area contributed by atoms with Gasteiger partial charge in [-0.1, -0.05) is 19.3 Å². The fraction of sp³-hybridized carbons (Fsp3) is 0.500. The molecule has 1 aliphatic heterocycles. The first kappa shape index (κ1) is 18.4. The Hall–Kier alpha value is -2.67. The third-order valence-corrected chi connectivity index (χ3v) is 6.21. The van der Waals surface area contributed by atoms with Crippen LogP contribution < -0.4 is 15.5 Å². The molecule has 0 bridgehead atoms. The van der Waals surface area contributed by atoms with Crippen molar-refractivity contribution in [3.63, 3.8) is 0 Å². The molecule has 7 heteroatoms. The molecule has 152 valence electrons. The Morgan fingerprint density at radius 2 is 1.86 bits per heavy atom. The van der Waals surface area contributed by atoms with Crippen LogP contribution in [0.4, 0.5) is 17.5 Å². The van der Waals surface area contributed by atoms with Gasteiger partial charge < -0.3 is 20.1 Å². The third-order valence-electron chi connectivity index (χ3n) is 6.21. The second-order valence-corrected chi connectivity index (χ2v) is 8.21. The molecular weight excluding hydrogens is 362 g/mol. The first-order valence-electron chi connectivity index (χ1n) is 10.8. The van der Waals surface area contributed by atoms with Crippen molar-refractivity contribution in [2.75, 3.05) is 36.4 Å². The Balaban J connectivity index is 1.37. The molecule has 0 atom stereocenters. The summed E-state index contributed by atoms with van der Waals surface area (Å²) in [6.45, 7) is 6.23. The molecule has 0 radical (unpaired) electrons. The van der Waals surface area contributed by atoms with E-state index in [0.717, 1.165) is 48.7 Å². The SMILES string of the molecule is Cc1cn(C2CCCCC2)c2nc(Nc3ccc(N4CCNCC4)cn3)ncc12. The number of nitrogens with zero attached hydrogens (tertiary/aromatic N) is 5. The molecule has 1 aliphatic carbocycles. The topological polar surface area (TPSA) is 70.9 Å². The van der Waals surface area contributed by atoms with Gasteiger partial charge in [0.2, 0.25) is 5.95 Å². The number of aryl methyl sites for hydroxylation is 1. The van der Waals surface area contributed by atoms with Gasteiger partial charge in [0.25, 0.3) is 0 Å². The van der Waals surface area contributed by atoms with Crippen molar-refractivity contribution in [1.29, 1.82) is 0 Å². The van der Waals surface area contributed by atoms with E-state index in [9.17, 15) is 0 Å². The zero-order chi connectivity index (χ0) is 19.6. The van der Waals surface area contributed by atoms with Gasteiger partial charge in [0.05, 0.1) is 11.9 Å². The Morgan fingerprint density at radius 3 is 2.62 bits per heavy atom. The maximum atomic E-state index is 4.86. The predicted molar refractivity (Wildman–Crippen MR) is 117 cm³/mol. The van der Waals surface area contributed by atoms with Crippen LogP contribution in [0.1, 0.15) is 43.7 Å². The lowest BCUT2D eigenvalue weighted by Crippen LogP contribution is -2.43. The minimum absolute atomic E-state index is 0.555. The van der Waals surface area contributed by atoms with Crippen molar-refractivity contribution >= 4 is 28.5 Å². The van der Waals surface area contributed by atoms with Crippen LogP contribution in [0.5, 0.6) is 0 Å². The maximum Gasteiger partial charge on any atom is 0.230 e. The average molecular weight is 392 g/mol. The lowest BCUT2D eigenvalue weighted by atomic mass is 9.95. The Labute approximate surface area is 171 Å². The summed E-state index contributed by atoms with van der Waals surface area (Å²) in [5, 5.41) is 7.81. The standard InChI is InChI=1S/C22H29N7/c1-16-15-29(17-5-3-2-4-6-17)21-19(16)14-25-22(27-21)26-20-8-7-18(13-24-20)28-11-9-23-10-12-28/h7-8,13-15,17,23H,2-6,9-12H2,1H3,(H,24,25,26,27). The molecule has 1 saturated carbocycles. The number of fused-ring (bicyclic) bond motifs is 1. The number of nitrogens with one attached hydrogen (secondary N) is 2. The van der Waals surface area contributed by atoms with Gasteiger partial charge in [-0.2, -0.15) is 4.98 Å². The summed E-state index contributed by atoms with van der Waals surface area (Å²) < 4.78 is 2.37. The second-order valence-electron chi connectivity index (χ2n) is 8.21. The molecule has 0 spiro atoms. The number of aromatic nitrogens is 4. The highest BCUT2D eigenvalue weighted by molar-refractivity contribution is 5.80. The molecule has 2 fully saturated rings. The van der Waals surface area contributed by atoms with E-state index in [1.807, 2.05) is 18.5 Å². The van der Waals surface area contributed by atoms with Gasteiger partial charge in [-0.15, -0.1) is 0 Å². The number of hydrogen-bond acceptors (Lipinski definition) is 6. The molecule has 0 aromatic carbocycles. The van der Waals surface area contributed by atoms with E-state index in [4.69, 9.17) is 4.98 Å². The molecule has 7 nitrogen and oxygen atoms in total. The van der Waals surface area contributed by atoms with Crippen molar-refractivity contribution in [2.24, 2.45) is 0 Å². The molecule has 3 aromatic heterocycles. The monoisotopic (exact) mass is 391 g/mol. The minimum Gasteiger partial charge on any atom is -0.368 e. The van der Waals surface area contributed by atoms with E-state index < -0.39 is 0 Å². The fourth-order valence-electron chi connectivity index (χ4n) is 4.57. The minimum atomic E-state index is 0.555. The van der Waals surface area contributed by atoms with E-state index in [0.29, 0.717) is 12.0 Å². The molecule has 1 saturated heterocycles. The Bertz CT molecular complexity index is 967. The zero-order valence-electron chi connectivity index (χ0n) is 17.1. The summed E-state index contributed by atoms with van der Waals surface area (Å²) in [7, 11) is 0. The average Bonchev–Trinajstić information content (AvgIpc) is 3.11.